The average molecular weight is 446 g/mol. The quantitative estimate of drug-likeness (QED) is 0.576. The van der Waals surface area contributed by atoms with Crippen molar-refractivity contribution in [2.45, 2.75) is 31.7 Å². The fourth-order valence-corrected chi connectivity index (χ4v) is 4.30. The highest BCUT2D eigenvalue weighted by Crippen LogP contribution is 2.41. The first-order chi connectivity index (χ1) is 16.1. The van der Waals surface area contributed by atoms with Crippen LogP contribution in [0.25, 0.3) is 11.4 Å². The van der Waals surface area contributed by atoms with E-state index in [1.165, 1.54) is 18.5 Å². The summed E-state index contributed by atoms with van der Waals surface area (Å²) >= 11 is 0. The number of hydrogen-bond acceptors (Lipinski definition) is 5. The van der Waals surface area contributed by atoms with Crippen LogP contribution in [0, 0.1) is 5.92 Å². The average Bonchev–Trinajstić information content (AvgIpc) is 3.49. The van der Waals surface area contributed by atoms with Gasteiger partial charge in [-0.05, 0) is 43.2 Å². The van der Waals surface area contributed by atoms with Crippen LogP contribution in [0.15, 0.2) is 54.7 Å². The summed E-state index contributed by atoms with van der Waals surface area (Å²) in [7, 11) is 1.59. The number of aromatic nitrogens is 3. The zero-order chi connectivity index (χ0) is 22.8. The van der Waals surface area contributed by atoms with Gasteiger partial charge in [0.05, 0.1) is 25.3 Å². The zero-order valence-electron chi connectivity index (χ0n) is 18.6. The largest absolute Gasteiger partial charge is 0.497 e. The summed E-state index contributed by atoms with van der Waals surface area (Å²) in [5.74, 6) is 0.706. The summed E-state index contributed by atoms with van der Waals surface area (Å²) in [6, 6.07) is 15.3. The lowest BCUT2D eigenvalue weighted by Gasteiger charge is -2.17. The summed E-state index contributed by atoms with van der Waals surface area (Å²) in [6.07, 6.45) is 4.32. The van der Waals surface area contributed by atoms with Crippen molar-refractivity contribution in [3.63, 3.8) is 0 Å². The molecule has 3 aromatic rings. The van der Waals surface area contributed by atoms with Gasteiger partial charge in [0.1, 0.15) is 11.4 Å². The van der Waals surface area contributed by atoms with Crippen LogP contribution < -0.4 is 15.0 Å². The molecule has 1 atom stereocenters. The van der Waals surface area contributed by atoms with Gasteiger partial charge in [0, 0.05) is 49.1 Å². The van der Waals surface area contributed by atoms with Crippen LogP contribution in [0.3, 0.4) is 0 Å². The molecule has 2 aromatic heterocycles. The van der Waals surface area contributed by atoms with Crippen LogP contribution in [-0.4, -0.2) is 46.8 Å². The minimum Gasteiger partial charge on any atom is -0.497 e. The van der Waals surface area contributed by atoms with Crippen molar-refractivity contribution in [1.29, 1.82) is 0 Å². The molecule has 1 aliphatic heterocycles. The second-order valence-electron chi connectivity index (χ2n) is 8.56. The first kappa shape index (κ1) is 21.2. The Balaban J connectivity index is 1.20. The number of anilines is 1. The molecule has 0 radical (unpaired) electrons. The molecule has 2 aliphatic rings. The molecule has 1 aromatic carbocycles. The SMILES string of the molecule is COc1cccc(N2CC(C(=O)NCCn3nc(-c4ccccn4)cc3C3CC3)CC2=O)c1. The normalized spacial score (nSPS) is 17.9. The fourth-order valence-electron chi connectivity index (χ4n) is 4.30. The topological polar surface area (TPSA) is 89.3 Å². The monoisotopic (exact) mass is 445 g/mol. The van der Waals surface area contributed by atoms with Crippen molar-refractivity contribution < 1.29 is 14.3 Å². The van der Waals surface area contributed by atoms with Crippen molar-refractivity contribution in [1.82, 2.24) is 20.1 Å². The van der Waals surface area contributed by atoms with Crippen molar-refractivity contribution >= 4 is 17.5 Å². The summed E-state index contributed by atoms with van der Waals surface area (Å²) in [4.78, 5) is 31.4. The molecule has 8 heteroatoms. The molecule has 1 saturated carbocycles. The van der Waals surface area contributed by atoms with Crippen LogP contribution in [0.1, 0.15) is 30.9 Å². The molecule has 2 amide bonds. The van der Waals surface area contributed by atoms with E-state index in [0.717, 1.165) is 17.1 Å². The van der Waals surface area contributed by atoms with Crippen LogP contribution in [0.5, 0.6) is 5.75 Å². The molecule has 1 unspecified atom stereocenters. The summed E-state index contributed by atoms with van der Waals surface area (Å²) in [5, 5.41) is 7.75. The number of nitrogens with zero attached hydrogens (tertiary/aromatic N) is 4. The molecule has 170 valence electrons. The van der Waals surface area contributed by atoms with E-state index >= 15 is 0 Å². The summed E-state index contributed by atoms with van der Waals surface area (Å²) < 4.78 is 7.24. The predicted molar refractivity (Wildman–Crippen MR) is 124 cm³/mol. The molecule has 1 N–H and O–H groups in total. The molecule has 1 aliphatic carbocycles. The third-order valence-electron chi connectivity index (χ3n) is 6.22. The molecule has 1 saturated heterocycles. The molecule has 2 fully saturated rings. The van der Waals surface area contributed by atoms with E-state index in [1.807, 2.05) is 47.1 Å². The lowest BCUT2D eigenvalue weighted by atomic mass is 10.1. The van der Waals surface area contributed by atoms with Crippen LogP contribution in [0.4, 0.5) is 5.69 Å². The minimum atomic E-state index is -0.367. The van der Waals surface area contributed by atoms with Gasteiger partial charge in [-0.15, -0.1) is 0 Å². The van der Waals surface area contributed by atoms with E-state index < -0.39 is 0 Å². The van der Waals surface area contributed by atoms with E-state index in [2.05, 4.69) is 16.4 Å². The fraction of sp³-hybridized carbons (Fsp3) is 0.360. The number of benzene rings is 1. The van der Waals surface area contributed by atoms with Gasteiger partial charge in [0.15, 0.2) is 0 Å². The minimum absolute atomic E-state index is 0.0495. The Kier molecular flexibility index (Phi) is 5.81. The number of carbonyl (C=O) groups is 2. The maximum atomic E-state index is 12.8. The van der Waals surface area contributed by atoms with Crippen molar-refractivity contribution in [3.8, 4) is 17.1 Å². The van der Waals surface area contributed by atoms with E-state index in [-0.39, 0.29) is 24.2 Å². The summed E-state index contributed by atoms with van der Waals surface area (Å²) in [5.41, 5.74) is 3.66. The number of pyridine rings is 1. The number of methoxy groups -OCH3 is 1. The van der Waals surface area contributed by atoms with Crippen molar-refractivity contribution in [2.24, 2.45) is 5.92 Å². The van der Waals surface area contributed by atoms with Crippen molar-refractivity contribution in [2.75, 3.05) is 25.1 Å². The highest BCUT2D eigenvalue weighted by Gasteiger charge is 2.35. The molecular formula is C25H27N5O3. The third kappa shape index (κ3) is 4.60. The number of nitrogens with one attached hydrogen (secondary N) is 1. The first-order valence-corrected chi connectivity index (χ1v) is 11.3. The van der Waals surface area contributed by atoms with Crippen LogP contribution in [0.2, 0.25) is 0 Å². The Hall–Kier alpha value is -3.68. The predicted octanol–water partition coefficient (Wildman–Crippen LogP) is 3.00. The van der Waals surface area contributed by atoms with E-state index in [9.17, 15) is 9.59 Å². The Labute approximate surface area is 192 Å². The van der Waals surface area contributed by atoms with Crippen molar-refractivity contribution in [3.05, 3.63) is 60.4 Å². The highest BCUT2D eigenvalue weighted by atomic mass is 16.5. The molecule has 0 bridgehead atoms. The Morgan fingerprint density at radius 2 is 2.03 bits per heavy atom. The molecule has 33 heavy (non-hydrogen) atoms. The lowest BCUT2D eigenvalue weighted by Crippen LogP contribution is -2.35. The molecule has 8 nitrogen and oxygen atoms in total. The van der Waals surface area contributed by atoms with E-state index in [1.54, 1.807) is 18.2 Å². The van der Waals surface area contributed by atoms with Gasteiger partial charge in [-0.1, -0.05) is 12.1 Å². The van der Waals surface area contributed by atoms with E-state index in [4.69, 9.17) is 9.84 Å². The lowest BCUT2D eigenvalue weighted by molar-refractivity contribution is -0.126. The molecule has 0 spiro atoms. The van der Waals surface area contributed by atoms with Gasteiger partial charge in [-0.25, -0.2) is 0 Å². The van der Waals surface area contributed by atoms with Crippen LogP contribution in [-0.2, 0) is 16.1 Å². The Bertz CT molecular complexity index is 1160. The number of rotatable bonds is 8. The Morgan fingerprint density at radius 3 is 2.79 bits per heavy atom. The van der Waals surface area contributed by atoms with Gasteiger partial charge < -0.3 is 15.0 Å². The highest BCUT2D eigenvalue weighted by molar-refractivity contribution is 6.00. The van der Waals surface area contributed by atoms with Gasteiger partial charge in [-0.2, -0.15) is 5.10 Å². The van der Waals surface area contributed by atoms with Gasteiger partial charge in [-0.3, -0.25) is 19.3 Å². The smallest absolute Gasteiger partial charge is 0.227 e. The number of amides is 2. The second kappa shape index (κ2) is 9.05. The molecule has 5 rings (SSSR count). The second-order valence-corrected chi connectivity index (χ2v) is 8.56. The standard InChI is InChI=1S/C25H27N5O3/c1-33-20-6-4-5-19(14-20)29-16-18(13-24(29)31)25(32)27-11-12-30-23(17-8-9-17)15-22(28-30)21-7-2-3-10-26-21/h2-7,10,14-15,17-18H,8-9,11-13,16H2,1H3,(H,27,32). The first-order valence-electron chi connectivity index (χ1n) is 11.3. The zero-order valence-corrected chi connectivity index (χ0v) is 18.6. The molecular weight excluding hydrogens is 418 g/mol. The molecule has 3 heterocycles. The Morgan fingerprint density at radius 1 is 1.15 bits per heavy atom. The third-order valence-corrected chi connectivity index (χ3v) is 6.22. The van der Waals surface area contributed by atoms with E-state index in [0.29, 0.717) is 31.3 Å². The number of ether oxygens (including phenoxy) is 1. The van der Waals surface area contributed by atoms with Gasteiger partial charge >= 0.3 is 0 Å². The number of hydrogen-bond donors (Lipinski definition) is 1. The van der Waals surface area contributed by atoms with Gasteiger partial charge in [0.2, 0.25) is 11.8 Å². The maximum Gasteiger partial charge on any atom is 0.227 e. The van der Waals surface area contributed by atoms with Gasteiger partial charge in [0.25, 0.3) is 0 Å². The maximum absolute atomic E-state index is 12.8. The summed E-state index contributed by atoms with van der Waals surface area (Å²) in [6.45, 7) is 1.42. The van der Waals surface area contributed by atoms with Crippen LogP contribution >= 0.6 is 0 Å². The number of carbonyl (C=O) groups excluding carboxylic acids is 2.